The summed E-state index contributed by atoms with van der Waals surface area (Å²) in [5.74, 6) is -1.02. The van der Waals surface area contributed by atoms with Crippen LogP contribution in [0, 0.1) is 0 Å². The molecule has 0 saturated carbocycles. The van der Waals surface area contributed by atoms with Crippen LogP contribution < -0.4 is 16.0 Å². The van der Waals surface area contributed by atoms with Crippen molar-refractivity contribution in [1.29, 1.82) is 0 Å². The molecule has 148 valence electrons. The van der Waals surface area contributed by atoms with Crippen molar-refractivity contribution in [2.75, 3.05) is 0 Å². The minimum atomic E-state index is -0.897. The predicted molar refractivity (Wildman–Crippen MR) is 92.6 cm³/mol. The summed E-state index contributed by atoms with van der Waals surface area (Å²) >= 11 is 1.08. The summed E-state index contributed by atoms with van der Waals surface area (Å²) in [6, 6.07) is 0. The summed E-state index contributed by atoms with van der Waals surface area (Å²) in [7, 11) is 2.85. The van der Waals surface area contributed by atoms with Crippen molar-refractivity contribution in [3.63, 3.8) is 0 Å². The van der Waals surface area contributed by atoms with Crippen molar-refractivity contribution in [2.24, 2.45) is 14.1 Å². The van der Waals surface area contributed by atoms with E-state index in [0.29, 0.717) is 0 Å². The maximum Gasteiger partial charge on any atom is 0.333 e. The molecule has 5 unspecified atom stereocenters. The normalized spacial score (nSPS) is 29.1. The van der Waals surface area contributed by atoms with Crippen LogP contribution >= 0.6 is 11.8 Å². The molecule has 3 heterocycles. The first-order valence-corrected chi connectivity index (χ1v) is 9.13. The number of carbonyl (C=O) groups is 2. The lowest BCUT2D eigenvalue weighted by molar-refractivity contribution is -0.232. The lowest BCUT2D eigenvalue weighted by Crippen LogP contribution is -2.61. The third kappa shape index (κ3) is 3.36. The number of esters is 2. The molecule has 2 aliphatic rings. The zero-order chi connectivity index (χ0) is 20.0. The molecule has 1 aromatic rings. The van der Waals surface area contributed by atoms with Gasteiger partial charge >= 0.3 is 17.6 Å². The third-order valence-electron chi connectivity index (χ3n) is 4.38. The molecule has 5 atom stereocenters. The van der Waals surface area contributed by atoms with E-state index in [1.54, 1.807) is 6.92 Å². The fourth-order valence-electron chi connectivity index (χ4n) is 3.15. The van der Waals surface area contributed by atoms with Gasteiger partial charge in [-0.1, -0.05) is 0 Å². The molecule has 1 saturated heterocycles. The van der Waals surface area contributed by atoms with Gasteiger partial charge in [-0.25, -0.2) is 4.79 Å². The second kappa shape index (κ2) is 7.04. The van der Waals surface area contributed by atoms with E-state index in [-0.39, 0.29) is 10.8 Å². The van der Waals surface area contributed by atoms with Crippen LogP contribution in [0.5, 0.6) is 5.88 Å². The topological polar surface area (TPSA) is 115 Å². The molecular weight excluding hydrogens is 380 g/mol. The maximum absolute atomic E-state index is 12.5. The second-order valence-electron chi connectivity index (χ2n) is 6.40. The number of rotatable bonds is 2. The van der Waals surface area contributed by atoms with E-state index in [2.05, 4.69) is 0 Å². The van der Waals surface area contributed by atoms with Gasteiger partial charge in [-0.3, -0.25) is 23.5 Å². The molecule has 1 aromatic heterocycles. The van der Waals surface area contributed by atoms with E-state index >= 15 is 0 Å². The zero-order valence-electron chi connectivity index (χ0n) is 15.5. The summed E-state index contributed by atoms with van der Waals surface area (Å²) in [5, 5.41) is -0.660. The Kier molecular flexibility index (Phi) is 5.08. The Bertz CT molecular complexity index is 907. The number of hydrogen-bond acceptors (Lipinski definition) is 9. The van der Waals surface area contributed by atoms with Crippen molar-refractivity contribution < 1.29 is 28.5 Å². The van der Waals surface area contributed by atoms with Crippen LogP contribution in [0.1, 0.15) is 20.8 Å². The van der Waals surface area contributed by atoms with Crippen LogP contribution in [-0.4, -0.2) is 50.9 Å². The Balaban J connectivity index is 2.07. The highest BCUT2D eigenvalue weighted by Crippen LogP contribution is 2.43. The summed E-state index contributed by atoms with van der Waals surface area (Å²) in [5.41, 5.74) is -1.06. The number of nitrogens with zero attached hydrogens (tertiary/aromatic N) is 2. The lowest BCUT2D eigenvalue weighted by Gasteiger charge is -2.45. The summed E-state index contributed by atoms with van der Waals surface area (Å²) < 4.78 is 24.5. The molecule has 1 fully saturated rings. The van der Waals surface area contributed by atoms with Crippen molar-refractivity contribution in [3.05, 3.63) is 20.8 Å². The SMILES string of the molecule is CC(=O)OC1C(C)OC2Oc3c(c(=O)n(C)c(=O)n3C)SC2C1OC(C)=O. The molecule has 0 aromatic carbocycles. The van der Waals surface area contributed by atoms with E-state index in [1.807, 2.05) is 0 Å². The first-order valence-electron chi connectivity index (χ1n) is 8.25. The minimum absolute atomic E-state index is 0.0917. The summed E-state index contributed by atoms with van der Waals surface area (Å²) in [4.78, 5) is 48.0. The van der Waals surface area contributed by atoms with Crippen LogP contribution in [0.2, 0.25) is 0 Å². The smallest absolute Gasteiger partial charge is 0.333 e. The number of aromatic nitrogens is 2. The van der Waals surface area contributed by atoms with Crippen molar-refractivity contribution in [3.8, 4) is 5.88 Å². The highest BCUT2D eigenvalue weighted by atomic mass is 32.2. The van der Waals surface area contributed by atoms with Crippen LogP contribution in [0.15, 0.2) is 14.5 Å². The first kappa shape index (κ1) is 19.5. The molecule has 27 heavy (non-hydrogen) atoms. The van der Waals surface area contributed by atoms with Crippen LogP contribution in [0.3, 0.4) is 0 Å². The van der Waals surface area contributed by atoms with Crippen LogP contribution in [0.4, 0.5) is 0 Å². The average Bonchev–Trinajstić information content (AvgIpc) is 2.59. The van der Waals surface area contributed by atoms with Gasteiger partial charge in [-0.05, 0) is 6.92 Å². The number of hydrogen-bond donors (Lipinski definition) is 0. The minimum Gasteiger partial charge on any atom is -0.457 e. The third-order valence-corrected chi connectivity index (χ3v) is 5.73. The molecular formula is C16H20N2O8S. The molecule has 0 amide bonds. The summed E-state index contributed by atoms with van der Waals surface area (Å²) in [6.07, 6.45) is -3.28. The fourth-order valence-corrected chi connectivity index (χ4v) is 4.52. The highest BCUT2D eigenvalue weighted by Gasteiger charge is 2.52. The number of ether oxygens (including phenoxy) is 4. The van der Waals surface area contributed by atoms with Gasteiger partial charge in [0.25, 0.3) is 5.56 Å². The van der Waals surface area contributed by atoms with Gasteiger partial charge in [0.05, 0.1) is 6.10 Å². The monoisotopic (exact) mass is 400 g/mol. The van der Waals surface area contributed by atoms with Gasteiger partial charge in [0.1, 0.15) is 10.1 Å². The Morgan fingerprint density at radius 1 is 1.04 bits per heavy atom. The Hall–Kier alpha value is -2.27. The lowest BCUT2D eigenvalue weighted by atomic mass is 10.0. The van der Waals surface area contributed by atoms with E-state index in [9.17, 15) is 19.2 Å². The van der Waals surface area contributed by atoms with E-state index in [1.165, 1.54) is 32.5 Å². The number of fused-ring (bicyclic) bond motifs is 2. The predicted octanol–water partition coefficient (Wildman–Crippen LogP) is -0.455. The van der Waals surface area contributed by atoms with Gasteiger partial charge in [-0.2, -0.15) is 0 Å². The molecule has 0 N–H and O–H groups in total. The van der Waals surface area contributed by atoms with Crippen molar-refractivity contribution >= 4 is 23.7 Å². The average molecular weight is 400 g/mol. The Labute approximate surface area is 158 Å². The molecule has 3 rings (SSSR count). The summed E-state index contributed by atoms with van der Waals surface area (Å²) in [6.45, 7) is 4.15. The van der Waals surface area contributed by atoms with Gasteiger partial charge in [-0.15, -0.1) is 11.8 Å². The van der Waals surface area contributed by atoms with Gasteiger partial charge in [0.2, 0.25) is 12.2 Å². The van der Waals surface area contributed by atoms with E-state index in [0.717, 1.165) is 16.3 Å². The largest absolute Gasteiger partial charge is 0.457 e. The fraction of sp³-hybridized carbons (Fsp3) is 0.625. The van der Waals surface area contributed by atoms with Gasteiger partial charge in [0, 0.05) is 27.9 Å². The number of thioether (sulfide) groups is 1. The molecule has 0 bridgehead atoms. The maximum atomic E-state index is 12.5. The van der Waals surface area contributed by atoms with E-state index < -0.39 is 53.0 Å². The van der Waals surface area contributed by atoms with Gasteiger partial charge in [0.15, 0.2) is 12.2 Å². The molecule has 2 aliphatic heterocycles. The quantitative estimate of drug-likeness (QED) is 0.609. The molecule has 0 aliphatic carbocycles. The molecule has 0 spiro atoms. The zero-order valence-corrected chi connectivity index (χ0v) is 16.3. The van der Waals surface area contributed by atoms with E-state index in [4.69, 9.17) is 18.9 Å². The molecule has 11 heteroatoms. The standard InChI is InChI=1S/C16H20N2O8S/c1-6-9(24-7(2)19)10(25-8(3)20)11-15(23-6)26-14-12(27-11)13(21)17(4)16(22)18(14)5/h6,9-11,15H,1-5H3. The Morgan fingerprint density at radius 2 is 1.63 bits per heavy atom. The first-order chi connectivity index (χ1) is 12.6. The van der Waals surface area contributed by atoms with Crippen LogP contribution in [0.25, 0.3) is 0 Å². The van der Waals surface area contributed by atoms with Crippen molar-refractivity contribution in [2.45, 2.75) is 55.5 Å². The molecule has 0 radical (unpaired) electrons. The highest BCUT2D eigenvalue weighted by molar-refractivity contribution is 8.00. The second-order valence-corrected chi connectivity index (χ2v) is 7.59. The van der Waals surface area contributed by atoms with Crippen LogP contribution in [-0.2, 0) is 37.9 Å². The Morgan fingerprint density at radius 3 is 2.22 bits per heavy atom. The number of carbonyl (C=O) groups excluding carboxylic acids is 2. The molecule has 10 nitrogen and oxygen atoms in total. The van der Waals surface area contributed by atoms with Crippen molar-refractivity contribution in [1.82, 2.24) is 9.13 Å². The van der Waals surface area contributed by atoms with Gasteiger partial charge < -0.3 is 18.9 Å².